The first-order valence-corrected chi connectivity index (χ1v) is 11.9. The van der Waals surface area contributed by atoms with Crippen molar-refractivity contribution in [2.45, 2.75) is 26.7 Å². The molecule has 0 radical (unpaired) electrons. The summed E-state index contributed by atoms with van der Waals surface area (Å²) in [6.07, 6.45) is 3.89. The summed E-state index contributed by atoms with van der Waals surface area (Å²) in [5.41, 5.74) is 6.03. The second-order valence-electron chi connectivity index (χ2n) is 9.05. The van der Waals surface area contributed by atoms with Gasteiger partial charge in [0, 0.05) is 36.5 Å². The minimum atomic E-state index is 0.0343. The highest BCUT2D eigenvalue weighted by atomic mass is 16.5. The molecule has 0 bridgehead atoms. The van der Waals surface area contributed by atoms with Crippen molar-refractivity contribution >= 4 is 17.0 Å². The van der Waals surface area contributed by atoms with E-state index in [0.29, 0.717) is 39.7 Å². The lowest BCUT2D eigenvalue weighted by atomic mass is 10.0. The predicted molar refractivity (Wildman–Crippen MR) is 135 cm³/mol. The van der Waals surface area contributed by atoms with Crippen molar-refractivity contribution in [2.75, 3.05) is 20.2 Å². The molecule has 35 heavy (non-hydrogen) atoms. The molecule has 3 heterocycles. The van der Waals surface area contributed by atoms with E-state index in [2.05, 4.69) is 18.0 Å². The molecular weight excluding hydrogens is 438 g/mol. The Morgan fingerprint density at radius 3 is 2.80 bits per heavy atom. The molecule has 1 amide bonds. The molecule has 0 saturated carbocycles. The van der Waals surface area contributed by atoms with Gasteiger partial charge in [-0.25, -0.2) is 0 Å². The number of fused-ring (bicyclic) bond motifs is 1. The maximum absolute atomic E-state index is 13.1. The Balaban J connectivity index is 1.52. The fourth-order valence-corrected chi connectivity index (χ4v) is 4.77. The molecule has 5 rings (SSSR count). The van der Waals surface area contributed by atoms with Crippen molar-refractivity contribution in [1.82, 2.24) is 9.88 Å². The fourth-order valence-electron chi connectivity index (χ4n) is 4.77. The fraction of sp³-hybridized carbons (Fsp3) is 0.276. The number of likely N-dealkylation sites (tertiary alicyclic amines) is 1. The SMILES string of the molecule is CCC1CCN(C(=O)c2ccc(-c3cc4nccc(-c5ccc(C)c(C#N)c5)c4o3)c(OC)c2)C1. The number of aryl methyl sites for hydroxylation is 1. The Morgan fingerprint density at radius 2 is 2.06 bits per heavy atom. The first-order valence-electron chi connectivity index (χ1n) is 11.9. The van der Waals surface area contributed by atoms with Gasteiger partial charge in [-0.05, 0) is 60.7 Å². The van der Waals surface area contributed by atoms with Gasteiger partial charge in [0.25, 0.3) is 5.91 Å². The number of pyridine rings is 1. The van der Waals surface area contributed by atoms with Crippen LogP contribution in [0, 0.1) is 24.2 Å². The second-order valence-corrected chi connectivity index (χ2v) is 9.05. The van der Waals surface area contributed by atoms with Crippen LogP contribution in [0.5, 0.6) is 5.75 Å². The molecule has 1 fully saturated rings. The van der Waals surface area contributed by atoms with Gasteiger partial charge in [0.05, 0.1) is 24.3 Å². The first-order chi connectivity index (χ1) is 17.0. The zero-order valence-corrected chi connectivity index (χ0v) is 20.2. The number of carbonyl (C=O) groups excluding carboxylic acids is 1. The summed E-state index contributed by atoms with van der Waals surface area (Å²) in [6.45, 7) is 5.70. The van der Waals surface area contributed by atoms with Gasteiger partial charge in [-0.15, -0.1) is 0 Å². The molecule has 1 saturated heterocycles. The van der Waals surface area contributed by atoms with Gasteiger partial charge in [0.1, 0.15) is 17.0 Å². The lowest BCUT2D eigenvalue weighted by molar-refractivity contribution is 0.0786. The molecule has 0 N–H and O–H groups in total. The average molecular weight is 466 g/mol. The molecule has 4 aromatic rings. The van der Waals surface area contributed by atoms with E-state index in [1.165, 1.54) is 0 Å². The van der Waals surface area contributed by atoms with E-state index in [-0.39, 0.29) is 5.91 Å². The number of rotatable bonds is 5. The van der Waals surface area contributed by atoms with Crippen LogP contribution in [0.3, 0.4) is 0 Å². The first kappa shape index (κ1) is 22.7. The normalized spacial score (nSPS) is 15.4. The molecule has 6 heteroatoms. The smallest absolute Gasteiger partial charge is 0.253 e. The van der Waals surface area contributed by atoms with Crippen LogP contribution in [0.15, 0.2) is 59.1 Å². The number of benzene rings is 2. The highest BCUT2D eigenvalue weighted by molar-refractivity contribution is 5.97. The van der Waals surface area contributed by atoms with Crippen LogP contribution in [0.1, 0.15) is 41.3 Å². The average Bonchev–Trinajstić information content (AvgIpc) is 3.55. The topological polar surface area (TPSA) is 79.4 Å². The van der Waals surface area contributed by atoms with Gasteiger partial charge in [-0.3, -0.25) is 9.78 Å². The zero-order valence-electron chi connectivity index (χ0n) is 20.2. The number of amides is 1. The lowest BCUT2D eigenvalue weighted by Crippen LogP contribution is -2.28. The van der Waals surface area contributed by atoms with Crippen molar-refractivity contribution in [3.63, 3.8) is 0 Å². The van der Waals surface area contributed by atoms with E-state index in [1.807, 2.05) is 54.3 Å². The van der Waals surface area contributed by atoms with Crippen LogP contribution >= 0.6 is 0 Å². The standard InChI is InChI=1S/C29H27N3O3/c1-4-19-10-12-32(17-19)29(33)21-7-8-24(26(14-21)34-3)27-15-25-28(35-27)23(9-11-31-25)20-6-5-18(2)22(13-20)16-30/h5-9,11,13-15,19H,4,10,12,17H2,1-3H3. The van der Waals surface area contributed by atoms with Crippen LogP contribution in [-0.2, 0) is 0 Å². The van der Waals surface area contributed by atoms with Crippen LogP contribution in [0.4, 0.5) is 0 Å². The van der Waals surface area contributed by atoms with Gasteiger partial charge in [-0.2, -0.15) is 5.26 Å². The number of furan rings is 1. The van der Waals surface area contributed by atoms with E-state index in [4.69, 9.17) is 9.15 Å². The third-order valence-corrected chi connectivity index (χ3v) is 6.95. The number of hydrogen-bond donors (Lipinski definition) is 0. The number of methoxy groups -OCH3 is 1. The van der Waals surface area contributed by atoms with E-state index >= 15 is 0 Å². The van der Waals surface area contributed by atoms with E-state index in [1.54, 1.807) is 19.4 Å². The van der Waals surface area contributed by atoms with Crippen molar-refractivity contribution in [3.05, 3.63) is 71.4 Å². The van der Waals surface area contributed by atoms with Crippen LogP contribution in [0.25, 0.3) is 33.6 Å². The quantitative estimate of drug-likeness (QED) is 0.349. The van der Waals surface area contributed by atoms with Gasteiger partial charge >= 0.3 is 0 Å². The van der Waals surface area contributed by atoms with Crippen LogP contribution in [0.2, 0.25) is 0 Å². The number of nitriles is 1. The lowest BCUT2D eigenvalue weighted by Gasteiger charge is -2.17. The number of aromatic nitrogens is 1. The van der Waals surface area contributed by atoms with Crippen molar-refractivity contribution in [2.24, 2.45) is 5.92 Å². The van der Waals surface area contributed by atoms with Gasteiger partial charge in [0.2, 0.25) is 0 Å². The highest BCUT2D eigenvalue weighted by Gasteiger charge is 2.26. The Kier molecular flexibility index (Phi) is 6.00. The molecule has 6 nitrogen and oxygen atoms in total. The Morgan fingerprint density at radius 1 is 1.20 bits per heavy atom. The highest BCUT2D eigenvalue weighted by Crippen LogP contribution is 2.38. The Labute approximate surface area is 204 Å². The van der Waals surface area contributed by atoms with Gasteiger partial charge in [-0.1, -0.05) is 25.5 Å². The van der Waals surface area contributed by atoms with Gasteiger partial charge in [0.15, 0.2) is 5.58 Å². The molecule has 1 unspecified atom stereocenters. The third kappa shape index (κ3) is 4.15. The molecule has 1 aliphatic rings. The predicted octanol–water partition coefficient (Wildman–Crippen LogP) is 6.22. The molecule has 1 aliphatic heterocycles. The van der Waals surface area contributed by atoms with Crippen LogP contribution in [-0.4, -0.2) is 36.0 Å². The summed E-state index contributed by atoms with van der Waals surface area (Å²) >= 11 is 0. The Hall–Kier alpha value is -4.11. The van der Waals surface area contributed by atoms with Crippen LogP contribution < -0.4 is 4.74 Å². The summed E-state index contributed by atoms with van der Waals surface area (Å²) in [4.78, 5) is 19.5. The molecule has 0 spiro atoms. The molecule has 2 aromatic carbocycles. The van der Waals surface area contributed by atoms with Gasteiger partial charge < -0.3 is 14.1 Å². The minimum absolute atomic E-state index is 0.0343. The maximum atomic E-state index is 13.1. The van der Waals surface area contributed by atoms with Crippen molar-refractivity contribution in [3.8, 4) is 34.3 Å². The zero-order chi connectivity index (χ0) is 24.5. The number of nitrogens with zero attached hydrogens (tertiary/aromatic N) is 3. The largest absolute Gasteiger partial charge is 0.496 e. The second kappa shape index (κ2) is 9.27. The number of ether oxygens (including phenoxy) is 1. The summed E-state index contributed by atoms with van der Waals surface area (Å²) in [5.74, 6) is 1.79. The summed E-state index contributed by atoms with van der Waals surface area (Å²) < 4.78 is 12.0. The summed E-state index contributed by atoms with van der Waals surface area (Å²) in [7, 11) is 1.60. The molecule has 176 valence electrons. The van der Waals surface area contributed by atoms with E-state index in [0.717, 1.165) is 48.2 Å². The monoisotopic (exact) mass is 465 g/mol. The summed E-state index contributed by atoms with van der Waals surface area (Å²) in [5, 5.41) is 9.44. The minimum Gasteiger partial charge on any atom is -0.496 e. The Bertz CT molecular complexity index is 1460. The number of hydrogen-bond acceptors (Lipinski definition) is 5. The maximum Gasteiger partial charge on any atom is 0.253 e. The molecule has 2 aromatic heterocycles. The number of carbonyl (C=O) groups is 1. The van der Waals surface area contributed by atoms with E-state index in [9.17, 15) is 10.1 Å². The molecule has 1 atom stereocenters. The van der Waals surface area contributed by atoms with Crippen molar-refractivity contribution < 1.29 is 13.9 Å². The third-order valence-electron chi connectivity index (χ3n) is 6.95. The summed E-state index contributed by atoms with van der Waals surface area (Å²) in [6, 6.07) is 17.3. The van der Waals surface area contributed by atoms with Crippen molar-refractivity contribution in [1.29, 1.82) is 5.26 Å². The van der Waals surface area contributed by atoms with E-state index < -0.39 is 0 Å². The molecule has 0 aliphatic carbocycles. The molecular formula is C29H27N3O3.